The Labute approximate surface area is 144 Å². The van der Waals surface area contributed by atoms with Crippen LogP contribution in [0, 0.1) is 0 Å². The molecule has 0 saturated carbocycles. The van der Waals surface area contributed by atoms with Gasteiger partial charge in [-0.15, -0.1) is 0 Å². The first-order valence-corrected chi connectivity index (χ1v) is 7.96. The molecule has 4 nitrogen and oxygen atoms in total. The number of carbonyl (C=O) groups is 1. The molecule has 24 heavy (non-hydrogen) atoms. The predicted octanol–water partition coefficient (Wildman–Crippen LogP) is 4.51. The predicted molar refractivity (Wildman–Crippen MR) is 95.3 cm³/mol. The van der Waals surface area contributed by atoms with Crippen molar-refractivity contribution < 1.29 is 4.79 Å². The van der Waals surface area contributed by atoms with Crippen LogP contribution in [0.1, 0.15) is 22.1 Å². The van der Waals surface area contributed by atoms with Crippen molar-refractivity contribution in [2.24, 2.45) is 0 Å². The maximum atomic E-state index is 13.1. The van der Waals surface area contributed by atoms with Gasteiger partial charge in [0, 0.05) is 34.4 Å². The van der Waals surface area contributed by atoms with Crippen LogP contribution in [0.5, 0.6) is 0 Å². The summed E-state index contributed by atoms with van der Waals surface area (Å²) in [6.07, 6.45) is 3.15. The molecule has 0 saturated heterocycles. The number of aromatic nitrogens is 1. The minimum absolute atomic E-state index is 0.0551. The Bertz CT molecular complexity index is 881. The molecule has 0 radical (unpaired) electrons. The van der Waals surface area contributed by atoms with Gasteiger partial charge in [0.05, 0.1) is 5.56 Å². The molecule has 1 aromatic heterocycles. The Morgan fingerprint density at radius 2 is 1.79 bits per heavy atom. The van der Waals surface area contributed by atoms with Crippen molar-refractivity contribution in [2.75, 3.05) is 10.2 Å². The van der Waals surface area contributed by atoms with Crippen LogP contribution in [0.25, 0.3) is 0 Å². The van der Waals surface area contributed by atoms with Crippen LogP contribution in [0.4, 0.5) is 11.4 Å². The minimum atomic E-state index is -0.331. The fourth-order valence-electron chi connectivity index (χ4n) is 2.89. The highest BCUT2D eigenvalue weighted by atomic mass is 35.5. The fraction of sp³-hybridized carbons (Fsp3) is 0.0526. The van der Waals surface area contributed by atoms with Gasteiger partial charge in [0.25, 0.3) is 5.91 Å². The standard InChI is InChI=1S/C19H14ClN3O/c20-14-7-9-15(10-8-14)23-18(13-4-3-11-21-12-13)22-17-6-2-1-5-16(17)19(23)24/h1-12,18,22H/t18-/m0/s1. The zero-order valence-electron chi connectivity index (χ0n) is 12.7. The monoisotopic (exact) mass is 335 g/mol. The molecule has 5 heteroatoms. The Kier molecular flexibility index (Phi) is 3.67. The molecule has 1 aliphatic heterocycles. The third-order valence-corrected chi connectivity index (χ3v) is 4.28. The molecular weight excluding hydrogens is 322 g/mol. The van der Waals surface area contributed by atoms with Crippen molar-refractivity contribution in [3.8, 4) is 0 Å². The summed E-state index contributed by atoms with van der Waals surface area (Å²) in [6, 6.07) is 18.6. The number of benzene rings is 2. The van der Waals surface area contributed by atoms with Crippen LogP contribution >= 0.6 is 11.6 Å². The maximum Gasteiger partial charge on any atom is 0.262 e. The van der Waals surface area contributed by atoms with E-state index in [-0.39, 0.29) is 12.1 Å². The van der Waals surface area contributed by atoms with Crippen molar-refractivity contribution in [1.82, 2.24) is 4.98 Å². The number of anilines is 2. The molecule has 1 aliphatic rings. The first kappa shape index (κ1) is 14.7. The topological polar surface area (TPSA) is 45.2 Å². The van der Waals surface area contributed by atoms with E-state index in [0.717, 1.165) is 16.9 Å². The Morgan fingerprint density at radius 1 is 1.00 bits per heavy atom. The quantitative estimate of drug-likeness (QED) is 0.749. The SMILES string of the molecule is O=C1c2ccccc2N[C@H](c2cccnc2)N1c1ccc(Cl)cc1. The molecule has 1 atom stereocenters. The summed E-state index contributed by atoms with van der Waals surface area (Å²) in [7, 11) is 0. The van der Waals surface area contributed by atoms with E-state index < -0.39 is 0 Å². The van der Waals surface area contributed by atoms with Crippen LogP contribution in [-0.2, 0) is 0 Å². The number of fused-ring (bicyclic) bond motifs is 1. The van der Waals surface area contributed by atoms with Gasteiger partial charge in [-0.2, -0.15) is 0 Å². The minimum Gasteiger partial charge on any atom is -0.360 e. The largest absolute Gasteiger partial charge is 0.360 e. The number of halogens is 1. The van der Waals surface area contributed by atoms with Gasteiger partial charge in [0.2, 0.25) is 0 Å². The van der Waals surface area contributed by atoms with Gasteiger partial charge in [0.15, 0.2) is 0 Å². The molecule has 0 aliphatic carbocycles. The van der Waals surface area contributed by atoms with E-state index in [2.05, 4.69) is 10.3 Å². The van der Waals surface area contributed by atoms with Gasteiger partial charge in [-0.1, -0.05) is 29.8 Å². The average Bonchev–Trinajstić information content (AvgIpc) is 2.63. The molecule has 1 N–H and O–H groups in total. The number of carbonyl (C=O) groups excluding carboxylic acids is 1. The lowest BCUT2D eigenvalue weighted by Gasteiger charge is -2.38. The highest BCUT2D eigenvalue weighted by Crippen LogP contribution is 2.36. The van der Waals surface area contributed by atoms with Gasteiger partial charge in [-0.25, -0.2) is 0 Å². The maximum absolute atomic E-state index is 13.1. The van der Waals surface area contributed by atoms with Crippen molar-refractivity contribution in [3.63, 3.8) is 0 Å². The molecular formula is C19H14ClN3O. The third-order valence-electron chi connectivity index (χ3n) is 4.03. The van der Waals surface area contributed by atoms with E-state index in [9.17, 15) is 4.79 Å². The highest BCUT2D eigenvalue weighted by molar-refractivity contribution is 6.30. The van der Waals surface area contributed by atoms with E-state index in [1.807, 2.05) is 48.5 Å². The van der Waals surface area contributed by atoms with E-state index in [1.165, 1.54) is 0 Å². The average molecular weight is 336 g/mol. The second-order valence-electron chi connectivity index (χ2n) is 5.53. The Morgan fingerprint density at radius 3 is 2.54 bits per heavy atom. The summed E-state index contributed by atoms with van der Waals surface area (Å²) in [4.78, 5) is 19.0. The molecule has 0 fully saturated rings. The number of rotatable bonds is 2. The van der Waals surface area contributed by atoms with Crippen LogP contribution in [-0.4, -0.2) is 10.9 Å². The van der Waals surface area contributed by atoms with Gasteiger partial charge < -0.3 is 5.32 Å². The van der Waals surface area contributed by atoms with Crippen LogP contribution in [0.3, 0.4) is 0 Å². The van der Waals surface area contributed by atoms with E-state index >= 15 is 0 Å². The molecule has 3 aromatic rings. The molecule has 4 rings (SSSR count). The van der Waals surface area contributed by atoms with Crippen molar-refractivity contribution in [1.29, 1.82) is 0 Å². The summed E-state index contributed by atoms with van der Waals surface area (Å²) in [5, 5.41) is 4.07. The molecule has 0 bridgehead atoms. The van der Waals surface area contributed by atoms with Gasteiger partial charge in [-0.05, 0) is 42.5 Å². The summed E-state index contributed by atoms with van der Waals surface area (Å²) in [6.45, 7) is 0. The number of pyridine rings is 1. The molecule has 2 heterocycles. The number of para-hydroxylation sites is 1. The first-order valence-electron chi connectivity index (χ1n) is 7.59. The van der Waals surface area contributed by atoms with Gasteiger partial charge in [0.1, 0.15) is 6.17 Å². The number of nitrogens with one attached hydrogen (secondary N) is 1. The smallest absolute Gasteiger partial charge is 0.262 e. The lowest BCUT2D eigenvalue weighted by molar-refractivity contribution is 0.0975. The normalized spacial score (nSPS) is 16.5. The lowest BCUT2D eigenvalue weighted by Crippen LogP contribution is -2.43. The lowest BCUT2D eigenvalue weighted by atomic mass is 10.0. The number of amides is 1. The van der Waals surface area contributed by atoms with Gasteiger partial charge in [-0.3, -0.25) is 14.7 Å². The van der Waals surface area contributed by atoms with E-state index in [0.29, 0.717) is 10.6 Å². The number of hydrogen-bond acceptors (Lipinski definition) is 3. The molecule has 118 valence electrons. The van der Waals surface area contributed by atoms with E-state index in [1.54, 1.807) is 29.4 Å². The number of nitrogens with zero attached hydrogens (tertiary/aromatic N) is 2. The second-order valence-corrected chi connectivity index (χ2v) is 5.97. The zero-order chi connectivity index (χ0) is 16.5. The Balaban J connectivity index is 1.86. The van der Waals surface area contributed by atoms with Crippen LogP contribution in [0.15, 0.2) is 73.1 Å². The summed E-state index contributed by atoms with van der Waals surface area (Å²) < 4.78 is 0. The summed E-state index contributed by atoms with van der Waals surface area (Å²) in [5.41, 5.74) is 3.16. The van der Waals surface area contributed by atoms with Gasteiger partial charge >= 0.3 is 0 Å². The second kappa shape index (κ2) is 5.98. The summed E-state index contributed by atoms with van der Waals surface area (Å²) in [5.74, 6) is -0.0551. The molecule has 1 amide bonds. The summed E-state index contributed by atoms with van der Waals surface area (Å²) >= 11 is 5.99. The van der Waals surface area contributed by atoms with Crippen molar-refractivity contribution in [3.05, 3.63) is 89.2 Å². The molecule has 2 aromatic carbocycles. The van der Waals surface area contributed by atoms with E-state index in [4.69, 9.17) is 11.6 Å². The van der Waals surface area contributed by atoms with Crippen LogP contribution < -0.4 is 10.2 Å². The fourth-order valence-corrected chi connectivity index (χ4v) is 3.02. The number of hydrogen-bond donors (Lipinski definition) is 1. The third kappa shape index (κ3) is 2.51. The van der Waals surface area contributed by atoms with Crippen LogP contribution in [0.2, 0.25) is 5.02 Å². The highest BCUT2D eigenvalue weighted by Gasteiger charge is 2.33. The zero-order valence-corrected chi connectivity index (χ0v) is 13.4. The Hall–Kier alpha value is -2.85. The van der Waals surface area contributed by atoms with Crippen molar-refractivity contribution in [2.45, 2.75) is 6.17 Å². The first-order chi connectivity index (χ1) is 11.7. The molecule has 0 spiro atoms. The molecule has 0 unspecified atom stereocenters. The van der Waals surface area contributed by atoms with Crippen molar-refractivity contribution >= 4 is 28.9 Å².